The van der Waals surface area contributed by atoms with E-state index in [1.807, 2.05) is 0 Å². The summed E-state index contributed by atoms with van der Waals surface area (Å²) in [5.41, 5.74) is -1.93. The number of nitro benzene ring substituents is 2. The van der Waals surface area contributed by atoms with Crippen LogP contribution in [0.25, 0.3) is 0 Å². The van der Waals surface area contributed by atoms with Gasteiger partial charge in [-0.15, -0.1) is 0 Å². The summed E-state index contributed by atoms with van der Waals surface area (Å²) in [6.07, 6.45) is 0.927. The minimum absolute atomic E-state index is 0.126. The molecule has 1 spiro atoms. The molecule has 0 bridgehead atoms. The first-order valence-electron chi connectivity index (χ1n) is 11.6. The molecule has 0 atom stereocenters. The van der Waals surface area contributed by atoms with Gasteiger partial charge in [0.25, 0.3) is 11.6 Å². The highest BCUT2D eigenvalue weighted by molar-refractivity contribution is 6.03. The molecule has 2 aliphatic heterocycles. The van der Waals surface area contributed by atoms with Crippen molar-refractivity contribution < 1.29 is 34.7 Å². The van der Waals surface area contributed by atoms with Crippen LogP contribution in [0, 0.1) is 20.2 Å². The van der Waals surface area contributed by atoms with E-state index in [0.29, 0.717) is 22.8 Å². The first-order valence-corrected chi connectivity index (χ1v) is 11.6. The number of hydrogen-bond acceptors (Lipinski definition) is 10. The van der Waals surface area contributed by atoms with Crippen LogP contribution < -0.4 is 4.74 Å². The van der Waals surface area contributed by atoms with E-state index in [1.54, 1.807) is 36.4 Å². The van der Waals surface area contributed by atoms with Crippen molar-refractivity contribution in [2.45, 2.75) is 5.54 Å². The monoisotopic (exact) mass is 540 g/mol. The molecule has 4 aromatic carbocycles. The van der Waals surface area contributed by atoms with E-state index in [-0.39, 0.29) is 34.1 Å². The first kappa shape index (κ1) is 24.4. The molecular weight excluding hydrogens is 524 g/mol. The summed E-state index contributed by atoms with van der Waals surface area (Å²) in [7, 11) is 0. The lowest BCUT2D eigenvalue weighted by molar-refractivity contribution is -0.394. The van der Waals surface area contributed by atoms with Crippen LogP contribution in [-0.4, -0.2) is 42.3 Å². The van der Waals surface area contributed by atoms with Gasteiger partial charge in [-0.25, -0.2) is 5.01 Å². The Bertz CT molecular complexity index is 1770. The van der Waals surface area contributed by atoms with Gasteiger partial charge < -0.3 is 20.1 Å². The zero-order valence-corrected chi connectivity index (χ0v) is 20.1. The molecule has 2 heterocycles. The van der Waals surface area contributed by atoms with Crippen molar-refractivity contribution in [3.8, 4) is 28.7 Å². The van der Waals surface area contributed by atoms with Gasteiger partial charge in [-0.3, -0.25) is 25.0 Å². The van der Waals surface area contributed by atoms with Gasteiger partial charge in [-0.05, 0) is 30.3 Å². The van der Waals surface area contributed by atoms with Gasteiger partial charge in [0.2, 0.25) is 5.75 Å². The molecule has 13 nitrogen and oxygen atoms in total. The summed E-state index contributed by atoms with van der Waals surface area (Å²) in [5, 5.41) is 59.2. The fourth-order valence-corrected chi connectivity index (χ4v) is 5.16. The number of phenolic OH excluding ortho intramolecular Hbond substituents is 3. The topological polar surface area (TPSA) is 189 Å². The Labute approximate surface area is 223 Å². The predicted octanol–water partition coefficient (Wildman–Crippen LogP) is 4.51. The lowest BCUT2D eigenvalue weighted by atomic mass is 9.75. The maximum atomic E-state index is 13.9. The van der Waals surface area contributed by atoms with Crippen molar-refractivity contribution in [3.63, 3.8) is 0 Å². The van der Waals surface area contributed by atoms with Crippen LogP contribution in [0.15, 0.2) is 77.9 Å². The lowest BCUT2D eigenvalue weighted by Gasteiger charge is -2.41. The van der Waals surface area contributed by atoms with E-state index in [4.69, 9.17) is 4.74 Å². The van der Waals surface area contributed by atoms with Gasteiger partial charge >= 0.3 is 5.69 Å². The molecule has 0 fully saturated rings. The van der Waals surface area contributed by atoms with Gasteiger partial charge in [0, 0.05) is 40.5 Å². The zero-order chi connectivity index (χ0) is 28.3. The molecule has 4 aromatic rings. The predicted molar refractivity (Wildman–Crippen MR) is 138 cm³/mol. The minimum atomic E-state index is -1.52. The number of carbonyl (C=O) groups is 1. The third-order valence-corrected chi connectivity index (χ3v) is 6.81. The van der Waals surface area contributed by atoms with Crippen molar-refractivity contribution in [2.24, 2.45) is 5.10 Å². The molecule has 3 N–H and O–H groups in total. The number of ether oxygens (including phenoxy) is 1. The summed E-state index contributed by atoms with van der Waals surface area (Å²) >= 11 is 0. The molecule has 13 heteroatoms. The van der Waals surface area contributed by atoms with E-state index in [2.05, 4.69) is 5.10 Å². The Morgan fingerprint density at radius 1 is 0.825 bits per heavy atom. The molecule has 0 radical (unpaired) electrons. The third kappa shape index (κ3) is 3.34. The maximum Gasteiger partial charge on any atom is 0.318 e. The Kier molecular flexibility index (Phi) is 5.19. The van der Waals surface area contributed by atoms with Gasteiger partial charge in [0.1, 0.15) is 28.5 Å². The average Bonchev–Trinajstić information content (AvgIpc) is 3.16. The minimum Gasteiger partial charge on any atom is -0.508 e. The van der Waals surface area contributed by atoms with Crippen molar-refractivity contribution in [3.05, 3.63) is 121 Å². The number of aromatic hydroxyl groups is 3. The zero-order valence-electron chi connectivity index (χ0n) is 20.1. The average molecular weight is 540 g/mol. The van der Waals surface area contributed by atoms with Crippen LogP contribution in [0.5, 0.6) is 28.7 Å². The highest BCUT2D eigenvalue weighted by Gasteiger charge is 2.57. The van der Waals surface area contributed by atoms with Gasteiger partial charge in [-0.2, -0.15) is 5.10 Å². The highest BCUT2D eigenvalue weighted by atomic mass is 16.6. The molecule has 2 aliphatic rings. The fourth-order valence-electron chi connectivity index (χ4n) is 5.16. The van der Waals surface area contributed by atoms with Gasteiger partial charge in [0.05, 0.1) is 27.7 Å². The number of benzene rings is 4. The molecule has 198 valence electrons. The summed E-state index contributed by atoms with van der Waals surface area (Å²) in [6.45, 7) is 0. The van der Waals surface area contributed by atoms with E-state index < -0.39 is 38.4 Å². The normalized spacial score (nSPS) is 14.5. The number of hydrazone groups is 1. The number of rotatable bonds is 4. The van der Waals surface area contributed by atoms with Crippen LogP contribution in [0.3, 0.4) is 0 Å². The number of nitrogens with zero attached hydrogens (tertiary/aromatic N) is 4. The van der Waals surface area contributed by atoms with Crippen molar-refractivity contribution in [1.29, 1.82) is 0 Å². The first-order chi connectivity index (χ1) is 19.1. The number of hydrogen-bond donors (Lipinski definition) is 3. The SMILES string of the molecule is O=C1c2ccccc2C2(c3ccc(O)cc3Oc3cc(O)ccc32)N1/N=C/c1cc([N+](=O)[O-])cc([N+](=O)[O-])c1O. The van der Waals surface area contributed by atoms with Crippen molar-refractivity contribution >= 4 is 23.5 Å². The standard InChI is InChI=1S/C27H16N4O9/c32-16-5-7-20-23(11-16)40-24-12-17(33)6-8-21(24)27(20)19-4-2-1-3-18(19)26(35)29(27)28-13-14-9-15(30(36)37)10-22(25(14)34)31(38)39/h1-13,32-34H/b28-13+. The van der Waals surface area contributed by atoms with Gasteiger partial charge in [-0.1, -0.05) is 18.2 Å². The fraction of sp³-hybridized carbons (Fsp3) is 0.0370. The molecular formula is C27H16N4O9. The number of nitro groups is 2. The smallest absolute Gasteiger partial charge is 0.318 e. The Hall–Kier alpha value is -5.98. The van der Waals surface area contributed by atoms with E-state index >= 15 is 0 Å². The second-order valence-corrected chi connectivity index (χ2v) is 9.00. The third-order valence-electron chi connectivity index (χ3n) is 6.81. The molecule has 6 rings (SSSR count). The van der Waals surface area contributed by atoms with E-state index in [1.165, 1.54) is 24.3 Å². The molecule has 0 aromatic heterocycles. The molecule has 40 heavy (non-hydrogen) atoms. The van der Waals surface area contributed by atoms with E-state index in [0.717, 1.165) is 17.3 Å². The van der Waals surface area contributed by atoms with E-state index in [9.17, 15) is 40.3 Å². The number of non-ortho nitro benzene ring substituents is 1. The maximum absolute atomic E-state index is 13.9. The molecule has 0 saturated carbocycles. The number of carbonyl (C=O) groups excluding carboxylic acids is 1. The summed E-state index contributed by atoms with van der Waals surface area (Å²) in [5.74, 6) is -1.39. The Morgan fingerprint density at radius 2 is 1.45 bits per heavy atom. The quantitative estimate of drug-likeness (QED) is 0.190. The molecule has 0 saturated heterocycles. The number of fused-ring (bicyclic) bond motifs is 6. The summed E-state index contributed by atoms with van der Waals surface area (Å²) in [4.78, 5) is 34.9. The van der Waals surface area contributed by atoms with Crippen LogP contribution in [0.4, 0.5) is 11.4 Å². The highest BCUT2D eigenvalue weighted by Crippen LogP contribution is 2.58. The lowest BCUT2D eigenvalue weighted by Crippen LogP contribution is -2.44. The van der Waals surface area contributed by atoms with Crippen LogP contribution in [-0.2, 0) is 5.54 Å². The number of amides is 1. The molecule has 1 amide bonds. The molecule has 0 unspecified atom stereocenters. The van der Waals surface area contributed by atoms with Crippen LogP contribution >= 0.6 is 0 Å². The summed E-state index contributed by atoms with van der Waals surface area (Å²) < 4.78 is 5.99. The molecule has 0 aliphatic carbocycles. The Balaban J connectivity index is 1.64. The number of phenols is 3. The van der Waals surface area contributed by atoms with Crippen molar-refractivity contribution in [1.82, 2.24) is 5.01 Å². The second-order valence-electron chi connectivity index (χ2n) is 9.00. The van der Waals surface area contributed by atoms with Crippen LogP contribution in [0.2, 0.25) is 0 Å². The van der Waals surface area contributed by atoms with Crippen molar-refractivity contribution in [2.75, 3.05) is 0 Å². The Morgan fingerprint density at radius 3 is 2.05 bits per heavy atom. The largest absolute Gasteiger partial charge is 0.508 e. The second kappa shape index (κ2) is 8.52. The van der Waals surface area contributed by atoms with Crippen LogP contribution in [0.1, 0.15) is 32.6 Å². The summed E-state index contributed by atoms with van der Waals surface area (Å²) in [6, 6.07) is 16.8. The van der Waals surface area contributed by atoms with Gasteiger partial charge in [0.15, 0.2) is 0 Å².